The van der Waals surface area contributed by atoms with Gasteiger partial charge in [0.15, 0.2) is 0 Å². The standard InChI is InChI=1S/C6H8BrN3O/c1-10-3-4(7)2-5(10)6(11)9-8/h2-3H,8H2,1H3,(H,9,11). The van der Waals surface area contributed by atoms with Crippen molar-refractivity contribution in [2.45, 2.75) is 0 Å². The van der Waals surface area contributed by atoms with Crippen LogP contribution >= 0.6 is 15.9 Å². The van der Waals surface area contributed by atoms with Gasteiger partial charge in [0.1, 0.15) is 5.69 Å². The Labute approximate surface area is 72.5 Å². The average Bonchev–Trinajstić information content (AvgIpc) is 2.28. The number of amides is 1. The second-order valence-corrected chi connectivity index (χ2v) is 3.04. The molecule has 0 bridgehead atoms. The molecule has 1 amide bonds. The highest BCUT2D eigenvalue weighted by molar-refractivity contribution is 9.10. The van der Waals surface area contributed by atoms with Crippen molar-refractivity contribution in [1.82, 2.24) is 9.99 Å². The minimum absolute atomic E-state index is 0.293. The summed E-state index contributed by atoms with van der Waals surface area (Å²) >= 11 is 3.24. The lowest BCUT2D eigenvalue weighted by molar-refractivity contribution is 0.0945. The fraction of sp³-hybridized carbons (Fsp3) is 0.167. The van der Waals surface area contributed by atoms with Crippen LogP contribution in [0.15, 0.2) is 16.7 Å². The summed E-state index contributed by atoms with van der Waals surface area (Å²) in [5.41, 5.74) is 2.58. The fourth-order valence-electron chi connectivity index (χ4n) is 0.824. The van der Waals surface area contributed by atoms with Crippen molar-refractivity contribution < 1.29 is 4.79 Å². The minimum atomic E-state index is -0.293. The molecule has 0 aromatic carbocycles. The molecule has 1 rings (SSSR count). The van der Waals surface area contributed by atoms with Crippen LogP contribution in [-0.2, 0) is 7.05 Å². The van der Waals surface area contributed by atoms with Gasteiger partial charge in [-0.2, -0.15) is 0 Å². The predicted molar refractivity (Wildman–Crippen MR) is 44.8 cm³/mol. The molecule has 0 aliphatic rings. The van der Waals surface area contributed by atoms with E-state index in [9.17, 15) is 4.79 Å². The molecule has 0 fully saturated rings. The summed E-state index contributed by atoms with van der Waals surface area (Å²) < 4.78 is 2.55. The highest BCUT2D eigenvalue weighted by atomic mass is 79.9. The van der Waals surface area contributed by atoms with E-state index in [1.165, 1.54) is 0 Å². The molecule has 0 spiro atoms. The molecule has 3 N–H and O–H groups in total. The van der Waals surface area contributed by atoms with E-state index in [2.05, 4.69) is 21.4 Å². The first-order valence-electron chi connectivity index (χ1n) is 2.98. The number of nitrogens with two attached hydrogens (primary N) is 1. The molecule has 60 valence electrons. The summed E-state index contributed by atoms with van der Waals surface area (Å²) in [6.45, 7) is 0. The van der Waals surface area contributed by atoms with Crippen LogP contribution in [0.1, 0.15) is 10.5 Å². The predicted octanol–water partition coefficient (Wildman–Crippen LogP) is 0.391. The molecule has 5 heteroatoms. The van der Waals surface area contributed by atoms with Gasteiger partial charge in [0.05, 0.1) is 0 Å². The Bertz CT molecular complexity index is 281. The molecular weight excluding hydrogens is 210 g/mol. The zero-order chi connectivity index (χ0) is 8.43. The van der Waals surface area contributed by atoms with E-state index in [0.717, 1.165) is 4.47 Å². The summed E-state index contributed by atoms with van der Waals surface area (Å²) in [6, 6.07) is 1.70. The van der Waals surface area contributed by atoms with Crippen molar-refractivity contribution in [2.75, 3.05) is 0 Å². The molecule has 4 nitrogen and oxygen atoms in total. The number of aryl methyl sites for hydroxylation is 1. The maximum absolute atomic E-state index is 11.0. The van der Waals surface area contributed by atoms with Crippen LogP contribution in [0.3, 0.4) is 0 Å². The summed E-state index contributed by atoms with van der Waals surface area (Å²) in [4.78, 5) is 11.0. The van der Waals surface area contributed by atoms with Crippen molar-refractivity contribution >= 4 is 21.8 Å². The van der Waals surface area contributed by atoms with Gasteiger partial charge in [-0.3, -0.25) is 10.2 Å². The molecule has 1 aromatic rings. The van der Waals surface area contributed by atoms with E-state index in [-0.39, 0.29) is 5.91 Å². The van der Waals surface area contributed by atoms with Crippen LogP contribution in [0, 0.1) is 0 Å². The monoisotopic (exact) mass is 217 g/mol. The second-order valence-electron chi connectivity index (χ2n) is 2.13. The smallest absolute Gasteiger partial charge is 0.281 e. The Hall–Kier alpha value is -0.810. The number of carbonyl (C=O) groups is 1. The van der Waals surface area contributed by atoms with Crippen LogP contribution in [0.4, 0.5) is 0 Å². The van der Waals surface area contributed by atoms with Gasteiger partial charge in [0, 0.05) is 17.7 Å². The minimum Gasteiger partial charge on any atom is -0.345 e. The van der Waals surface area contributed by atoms with Crippen molar-refractivity contribution in [2.24, 2.45) is 12.9 Å². The van der Waals surface area contributed by atoms with Crippen molar-refractivity contribution in [1.29, 1.82) is 0 Å². The molecule has 0 aliphatic carbocycles. The average molecular weight is 218 g/mol. The molecular formula is C6H8BrN3O. The maximum atomic E-state index is 11.0. The highest BCUT2D eigenvalue weighted by Crippen LogP contribution is 2.12. The quantitative estimate of drug-likeness (QED) is 0.407. The number of hydrazine groups is 1. The Morgan fingerprint density at radius 1 is 1.82 bits per heavy atom. The van der Waals surface area contributed by atoms with E-state index < -0.39 is 0 Å². The molecule has 0 unspecified atom stereocenters. The molecule has 0 radical (unpaired) electrons. The topological polar surface area (TPSA) is 60.0 Å². The van der Waals surface area contributed by atoms with Crippen LogP contribution in [0.5, 0.6) is 0 Å². The summed E-state index contributed by atoms with van der Waals surface area (Å²) in [7, 11) is 1.77. The third kappa shape index (κ3) is 1.61. The first-order chi connectivity index (χ1) is 5.15. The number of carbonyl (C=O) groups excluding carboxylic acids is 1. The van der Waals surface area contributed by atoms with Gasteiger partial charge in [-0.15, -0.1) is 0 Å². The fourth-order valence-corrected chi connectivity index (χ4v) is 1.35. The van der Waals surface area contributed by atoms with Crippen LogP contribution in [-0.4, -0.2) is 10.5 Å². The number of aromatic nitrogens is 1. The van der Waals surface area contributed by atoms with Crippen molar-refractivity contribution in [3.8, 4) is 0 Å². The van der Waals surface area contributed by atoms with Gasteiger partial charge in [-0.25, -0.2) is 5.84 Å². The molecule has 0 atom stereocenters. The lowest BCUT2D eigenvalue weighted by Gasteiger charge is -1.98. The third-order valence-electron chi connectivity index (χ3n) is 1.34. The van der Waals surface area contributed by atoms with Gasteiger partial charge in [0.25, 0.3) is 5.91 Å². The highest BCUT2D eigenvalue weighted by Gasteiger charge is 2.07. The van der Waals surface area contributed by atoms with Gasteiger partial charge < -0.3 is 4.57 Å². The van der Waals surface area contributed by atoms with Crippen molar-refractivity contribution in [3.05, 3.63) is 22.4 Å². The number of nitrogen functional groups attached to an aromatic ring is 1. The number of hydrogen-bond acceptors (Lipinski definition) is 2. The van der Waals surface area contributed by atoms with Crippen LogP contribution < -0.4 is 11.3 Å². The zero-order valence-corrected chi connectivity index (χ0v) is 7.55. The zero-order valence-electron chi connectivity index (χ0n) is 5.97. The van der Waals surface area contributed by atoms with Gasteiger partial charge in [-0.05, 0) is 22.0 Å². The Morgan fingerprint density at radius 3 is 2.82 bits per heavy atom. The lowest BCUT2D eigenvalue weighted by atomic mass is 10.4. The van der Waals surface area contributed by atoms with Gasteiger partial charge >= 0.3 is 0 Å². The van der Waals surface area contributed by atoms with Crippen molar-refractivity contribution in [3.63, 3.8) is 0 Å². The molecule has 11 heavy (non-hydrogen) atoms. The Balaban J connectivity index is 3.03. The maximum Gasteiger partial charge on any atom is 0.281 e. The number of halogens is 1. The van der Waals surface area contributed by atoms with Crippen LogP contribution in [0.2, 0.25) is 0 Å². The van der Waals surface area contributed by atoms with E-state index in [1.807, 2.05) is 0 Å². The summed E-state index contributed by atoms with van der Waals surface area (Å²) in [5, 5.41) is 0. The van der Waals surface area contributed by atoms with E-state index in [4.69, 9.17) is 5.84 Å². The summed E-state index contributed by atoms with van der Waals surface area (Å²) in [5.74, 6) is 4.66. The Kier molecular flexibility index (Phi) is 2.31. The van der Waals surface area contributed by atoms with Gasteiger partial charge in [0.2, 0.25) is 0 Å². The SMILES string of the molecule is Cn1cc(Br)cc1C(=O)NN. The first kappa shape index (κ1) is 8.29. The van der Waals surface area contributed by atoms with E-state index in [0.29, 0.717) is 5.69 Å². The summed E-state index contributed by atoms with van der Waals surface area (Å²) in [6.07, 6.45) is 1.78. The van der Waals surface area contributed by atoms with E-state index >= 15 is 0 Å². The second kappa shape index (κ2) is 3.06. The largest absolute Gasteiger partial charge is 0.345 e. The number of hydrogen-bond donors (Lipinski definition) is 2. The lowest BCUT2D eigenvalue weighted by Crippen LogP contribution is -2.31. The molecule has 0 saturated carbocycles. The van der Waals surface area contributed by atoms with E-state index in [1.54, 1.807) is 23.9 Å². The Morgan fingerprint density at radius 2 is 2.45 bits per heavy atom. The number of rotatable bonds is 1. The first-order valence-corrected chi connectivity index (χ1v) is 3.77. The molecule has 1 aromatic heterocycles. The molecule has 1 heterocycles. The third-order valence-corrected chi connectivity index (χ3v) is 1.77. The molecule has 0 aliphatic heterocycles. The number of nitrogens with one attached hydrogen (secondary N) is 1. The van der Waals surface area contributed by atoms with Crippen LogP contribution in [0.25, 0.3) is 0 Å². The molecule has 0 saturated heterocycles. The normalized spacial score (nSPS) is 9.73. The van der Waals surface area contributed by atoms with Gasteiger partial charge in [-0.1, -0.05) is 0 Å². The number of nitrogens with zero attached hydrogens (tertiary/aromatic N) is 1.